The SMILES string of the molecule is Cc1nc(Cc2ccc(-n3ccc(C)c(C(=O)O)c3=O)cc2)n[nH]1. The normalized spacial score (nSPS) is 10.8. The number of hydrogen-bond donors (Lipinski definition) is 2. The summed E-state index contributed by atoms with van der Waals surface area (Å²) in [5, 5.41) is 16.1. The van der Waals surface area contributed by atoms with E-state index in [4.69, 9.17) is 0 Å². The van der Waals surface area contributed by atoms with Crippen LogP contribution in [0.15, 0.2) is 41.3 Å². The van der Waals surface area contributed by atoms with Gasteiger partial charge in [0, 0.05) is 18.3 Å². The molecule has 0 aliphatic heterocycles. The zero-order valence-electron chi connectivity index (χ0n) is 13.3. The van der Waals surface area contributed by atoms with Gasteiger partial charge in [0.25, 0.3) is 5.56 Å². The number of aromatic nitrogens is 4. The van der Waals surface area contributed by atoms with Crippen LogP contribution in [0.2, 0.25) is 0 Å². The molecule has 122 valence electrons. The summed E-state index contributed by atoms with van der Waals surface area (Å²) in [5.41, 5.74) is 1.30. The first-order chi connectivity index (χ1) is 11.5. The van der Waals surface area contributed by atoms with Crippen LogP contribution in [0, 0.1) is 13.8 Å². The quantitative estimate of drug-likeness (QED) is 0.763. The average molecular weight is 324 g/mol. The predicted octanol–water partition coefficient (Wildman–Crippen LogP) is 1.86. The molecule has 0 unspecified atom stereocenters. The molecule has 0 aliphatic carbocycles. The number of carboxylic acids is 1. The second-order valence-electron chi connectivity index (χ2n) is 5.53. The Morgan fingerprint density at radius 1 is 1.21 bits per heavy atom. The number of rotatable bonds is 4. The van der Waals surface area contributed by atoms with Gasteiger partial charge in [0.1, 0.15) is 11.4 Å². The second kappa shape index (κ2) is 6.11. The summed E-state index contributed by atoms with van der Waals surface area (Å²) in [7, 11) is 0. The van der Waals surface area contributed by atoms with Crippen molar-refractivity contribution in [1.82, 2.24) is 19.7 Å². The molecule has 0 saturated carbocycles. The third-order valence-electron chi connectivity index (χ3n) is 3.73. The lowest BCUT2D eigenvalue weighted by Crippen LogP contribution is -2.26. The number of aryl methyl sites for hydroxylation is 2. The van der Waals surface area contributed by atoms with Gasteiger partial charge in [-0.15, -0.1) is 0 Å². The maximum Gasteiger partial charge on any atom is 0.341 e. The molecule has 7 nitrogen and oxygen atoms in total. The highest BCUT2D eigenvalue weighted by Gasteiger charge is 2.15. The van der Waals surface area contributed by atoms with Gasteiger partial charge in [-0.05, 0) is 43.2 Å². The van der Waals surface area contributed by atoms with Gasteiger partial charge in [-0.3, -0.25) is 14.5 Å². The highest BCUT2D eigenvalue weighted by atomic mass is 16.4. The van der Waals surface area contributed by atoms with Crippen LogP contribution in [0.1, 0.15) is 33.1 Å². The van der Waals surface area contributed by atoms with Crippen molar-refractivity contribution in [3.05, 3.63) is 75.2 Å². The van der Waals surface area contributed by atoms with Gasteiger partial charge in [0.15, 0.2) is 5.82 Å². The molecule has 0 bridgehead atoms. The van der Waals surface area contributed by atoms with E-state index in [-0.39, 0.29) is 5.56 Å². The van der Waals surface area contributed by atoms with Crippen molar-refractivity contribution in [3.63, 3.8) is 0 Å². The van der Waals surface area contributed by atoms with Gasteiger partial charge in [-0.25, -0.2) is 9.78 Å². The largest absolute Gasteiger partial charge is 0.477 e. The lowest BCUT2D eigenvalue weighted by molar-refractivity contribution is 0.0693. The van der Waals surface area contributed by atoms with Crippen LogP contribution in [0.5, 0.6) is 0 Å². The van der Waals surface area contributed by atoms with Gasteiger partial charge in [-0.1, -0.05) is 12.1 Å². The van der Waals surface area contributed by atoms with E-state index in [1.165, 1.54) is 4.57 Å². The van der Waals surface area contributed by atoms with Crippen LogP contribution in [0.3, 0.4) is 0 Å². The molecule has 0 saturated heterocycles. The zero-order valence-corrected chi connectivity index (χ0v) is 13.3. The third-order valence-corrected chi connectivity index (χ3v) is 3.73. The maximum atomic E-state index is 12.4. The summed E-state index contributed by atoms with van der Waals surface area (Å²) in [6.07, 6.45) is 2.16. The van der Waals surface area contributed by atoms with Gasteiger partial charge < -0.3 is 5.11 Å². The lowest BCUT2D eigenvalue weighted by atomic mass is 10.1. The molecule has 0 aliphatic rings. The van der Waals surface area contributed by atoms with Gasteiger partial charge >= 0.3 is 5.97 Å². The summed E-state index contributed by atoms with van der Waals surface area (Å²) in [6.45, 7) is 3.45. The van der Waals surface area contributed by atoms with E-state index < -0.39 is 11.5 Å². The molecular formula is C17H16N4O3. The maximum absolute atomic E-state index is 12.4. The number of benzene rings is 1. The molecule has 0 atom stereocenters. The Balaban J connectivity index is 1.93. The molecular weight excluding hydrogens is 308 g/mol. The molecule has 7 heteroatoms. The first-order valence-corrected chi connectivity index (χ1v) is 7.38. The van der Waals surface area contributed by atoms with Crippen molar-refractivity contribution < 1.29 is 9.90 Å². The molecule has 2 heterocycles. The van der Waals surface area contributed by atoms with Crippen LogP contribution >= 0.6 is 0 Å². The molecule has 3 aromatic rings. The average Bonchev–Trinajstić information content (AvgIpc) is 2.93. The minimum atomic E-state index is -1.22. The molecule has 2 N–H and O–H groups in total. The highest BCUT2D eigenvalue weighted by Crippen LogP contribution is 2.12. The van der Waals surface area contributed by atoms with Crippen molar-refractivity contribution in [2.75, 3.05) is 0 Å². The summed E-state index contributed by atoms with van der Waals surface area (Å²) >= 11 is 0. The highest BCUT2D eigenvalue weighted by molar-refractivity contribution is 5.88. The number of carbonyl (C=O) groups is 1. The number of aromatic amines is 1. The fraction of sp³-hybridized carbons (Fsp3) is 0.176. The van der Waals surface area contributed by atoms with Crippen LogP contribution in [-0.4, -0.2) is 30.8 Å². The monoisotopic (exact) mass is 324 g/mol. The van der Waals surface area contributed by atoms with E-state index in [1.54, 1.807) is 31.3 Å². The summed E-state index contributed by atoms with van der Waals surface area (Å²) < 4.78 is 1.33. The fourth-order valence-corrected chi connectivity index (χ4v) is 2.52. The van der Waals surface area contributed by atoms with Crippen molar-refractivity contribution in [2.45, 2.75) is 20.3 Å². The molecule has 0 radical (unpaired) electrons. The topological polar surface area (TPSA) is 101 Å². The van der Waals surface area contributed by atoms with E-state index in [9.17, 15) is 14.7 Å². The van der Waals surface area contributed by atoms with Crippen LogP contribution < -0.4 is 5.56 Å². The van der Waals surface area contributed by atoms with Crippen molar-refractivity contribution in [1.29, 1.82) is 0 Å². The smallest absolute Gasteiger partial charge is 0.341 e. The van der Waals surface area contributed by atoms with E-state index in [1.807, 2.05) is 19.1 Å². The number of H-pyrrole nitrogens is 1. The number of nitrogens with one attached hydrogen (secondary N) is 1. The lowest BCUT2D eigenvalue weighted by Gasteiger charge is -2.09. The minimum absolute atomic E-state index is 0.210. The van der Waals surface area contributed by atoms with Gasteiger partial charge in [0.2, 0.25) is 0 Å². The third kappa shape index (κ3) is 2.96. The second-order valence-corrected chi connectivity index (χ2v) is 5.53. The number of aromatic carboxylic acids is 1. The zero-order chi connectivity index (χ0) is 17.3. The Morgan fingerprint density at radius 3 is 2.50 bits per heavy atom. The van der Waals surface area contributed by atoms with Gasteiger partial charge in [-0.2, -0.15) is 5.10 Å². The van der Waals surface area contributed by atoms with Crippen LogP contribution in [0.4, 0.5) is 0 Å². The molecule has 3 rings (SSSR count). The number of nitrogens with zero attached hydrogens (tertiary/aromatic N) is 3. The minimum Gasteiger partial charge on any atom is -0.477 e. The molecule has 24 heavy (non-hydrogen) atoms. The first-order valence-electron chi connectivity index (χ1n) is 7.38. The molecule has 0 amide bonds. The van der Waals surface area contributed by atoms with Crippen LogP contribution in [-0.2, 0) is 6.42 Å². The molecule has 1 aromatic carbocycles. The Labute approximate surface area is 137 Å². The Morgan fingerprint density at radius 2 is 1.92 bits per heavy atom. The predicted molar refractivity (Wildman–Crippen MR) is 87.7 cm³/mol. The van der Waals surface area contributed by atoms with E-state index in [0.717, 1.165) is 11.4 Å². The van der Waals surface area contributed by atoms with E-state index >= 15 is 0 Å². The first kappa shape index (κ1) is 15.7. The Bertz CT molecular complexity index is 955. The molecule has 0 fully saturated rings. The summed E-state index contributed by atoms with van der Waals surface area (Å²) in [5.74, 6) is 0.235. The summed E-state index contributed by atoms with van der Waals surface area (Å²) in [6, 6.07) is 8.91. The van der Waals surface area contributed by atoms with Crippen molar-refractivity contribution in [2.24, 2.45) is 0 Å². The number of carboxylic acid groups (broad SMARTS) is 1. The Hall–Kier alpha value is -3.22. The standard InChI is InChI=1S/C17H16N4O3/c1-10-7-8-21(16(22)15(10)17(23)24)13-5-3-12(4-6-13)9-14-18-11(2)19-20-14/h3-8H,9H2,1-2H3,(H,23,24)(H,18,19,20). The molecule has 2 aromatic heterocycles. The number of hydrogen-bond acceptors (Lipinski definition) is 4. The van der Waals surface area contributed by atoms with Gasteiger partial charge in [0.05, 0.1) is 0 Å². The van der Waals surface area contributed by atoms with Crippen molar-refractivity contribution in [3.8, 4) is 5.69 Å². The summed E-state index contributed by atoms with van der Waals surface area (Å²) in [4.78, 5) is 27.9. The molecule has 0 spiro atoms. The van der Waals surface area contributed by atoms with E-state index in [2.05, 4.69) is 15.2 Å². The fourth-order valence-electron chi connectivity index (χ4n) is 2.52. The Kier molecular flexibility index (Phi) is 3.99. The van der Waals surface area contributed by atoms with E-state index in [0.29, 0.717) is 23.5 Å². The van der Waals surface area contributed by atoms with Crippen molar-refractivity contribution >= 4 is 5.97 Å². The number of pyridine rings is 1. The van der Waals surface area contributed by atoms with Crippen LogP contribution in [0.25, 0.3) is 5.69 Å².